The Morgan fingerprint density at radius 3 is 2.35 bits per heavy atom. The van der Waals surface area contributed by atoms with E-state index in [2.05, 4.69) is 30.8 Å². The molecule has 1 aliphatic carbocycles. The summed E-state index contributed by atoms with van der Waals surface area (Å²) in [6.07, 6.45) is 3.05. The molecular formula is C29H34N2O3. The van der Waals surface area contributed by atoms with Crippen LogP contribution >= 0.6 is 0 Å². The minimum absolute atomic E-state index is 0.0133. The molecule has 2 aromatic carbocycles. The summed E-state index contributed by atoms with van der Waals surface area (Å²) < 4.78 is 5.61. The van der Waals surface area contributed by atoms with Crippen LogP contribution in [0.3, 0.4) is 0 Å². The molecule has 2 fully saturated rings. The van der Waals surface area contributed by atoms with E-state index >= 15 is 0 Å². The number of hydrogen-bond donors (Lipinski definition) is 0. The zero-order chi connectivity index (χ0) is 24.1. The third-order valence-corrected chi connectivity index (χ3v) is 7.70. The van der Waals surface area contributed by atoms with Gasteiger partial charge in [-0.05, 0) is 68.1 Å². The van der Waals surface area contributed by atoms with Crippen LogP contribution in [0, 0.1) is 5.92 Å². The first kappa shape index (κ1) is 22.7. The molecular weight excluding hydrogens is 424 g/mol. The zero-order valence-electron chi connectivity index (χ0n) is 20.4. The first-order valence-electron chi connectivity index (χ1n) is 12.3. The molecule has 2 aromatic rings. The Kier molecular flexibility index (Phi) is 5.54. The highest BCUT2D eigenvalue weighted by Gasteiger charge is 2.53. The van der Waals surface area contributed by atoms with E-state index in [4.69, 9.17) is 4.74 Å². The number of carbonyl (C=O) groups excluding carboxylic acids is 2. The number of ether oxygens (including phenoxy) is 1. The largest absolute Gasteiger partial charge is 0.444 e. The van der Waals surface area contributed by atoms with Crippen LogP contribution in [0.1, 0.15) is 69.2 Å². The van der Waals surface area contributed by atoms with Gasteiger partial charge in [-0.2, -0.15) is 0 Å². The van der Waals surface area contributed by atoms with Crippen LogP contribution in [0.5, 0.6) is 0 Å². The fraction of sp³-hybridized carbons (Fsp3) is 0.448. The lowest BCUT2D eigenvalue weighted by molar-refractivity contribution is -0.125. The van der Waals surface area contributed by atoms with E-state index in [0.29, 0.717) is 19.5 Å². The van der Waals surface area contributed by atoms with Gasteiger partial charge in [-0.25, -0.2) is 4.79 Å². The molecule has 0 N–H and O–H groups in total. The first-order chi connectivity index (χ1) is 16.2. The fourth-order valence-corrected chi connectivity index (χ4v) is 6.23. The number of fused-ring (bicyclic) bond motifs is 4. The number of carbonyl (C=O) groups is 2. The molecule has 5 rings (SSSR count). The van der Waals surface area contributed by atoms with Crippen LogP contribution in [-0.2, 0) is 14.9 Å². The molecule has 5 nitrogen and oxygen atoms in total. The van der Waals surface area contributed by atoms with E-state index < -0.39 is 5.60 Å². The van der Waals surface area contributed by atoms with Gasteiger partial charge in [0.2, 0.25) is 5.91 Å². The minimum Gasteiger partial charge on any atom is -0.444 e. The van der Waals surface area contributed by atoms with Gasteiger partial charge in [-0.15, -0.1) is 0 Å². The predicted octanol–water partition coefficient (Wildman–Crippen LogP) is 5.92. The highest BCUT2D eigenvalue weighted by Crippen LogP contribution is 2.56. The van der Waals surface area contributed by atoms with Gasteiger partial charge in [0.15, 0.2) is 0 Å². The third-order valence-electron chi connectivity index (χ3n) is 7.70. The number of benzene rings is 2. The van der Waals surface area contributed by atoms with Gasteiger partial charge in [0, 0.05) is 25.2 Å². The van der Waals surface area contributed by atoms with Crippen molar-refractivity contribution in [1.29, 1.82) is 0 Å². The maximum atomic E-state index is 13.3. The Morgan fingerprint density at radius 1 is 1.03 bits per heavy atom. The van der Waals surface area contributed by atoms with Gasteiger partial charge < -0.3 is 14.5 Å². The summed E-state index contributed by atoms with van der Waals surface area (Å²) >= 11 is 0. The maximum Gasteiger partial charge on any atom is 0.410 e. The van der Waals surface area contributed by atoms with E-state index in [9.17, 15) is 9.59 Å². The van der Waals surface area contributed by atoms with Gasteiger partial charge in [-0.1, -0.05) is 61.2 Å². The lowest BCUT2D eigenvalue weighted by atomic mass is 9.60. The Labute approximate surface area is 202 Å². The molecule has 2 saturated heterocycles. The van der Waals surface area contributed by atoms with Crippen molar-refractivity contribution >= 4 is 17.7 Å². The SMILES string of the molecule is C=C(c1ccccc1)N1C(=O)CC2CC3(CCN(C(=O)OC(C)(C)C)CC3)c3ccccc3C21. The van der Waals surface area contributed by atoms with Gasteiger partial charge >= 0.3 is 6.09 Å². The Hall–Kier alpha value is -3.08. The van der Waals surface area contributed by atoms with Crippen LogP contribution < -0.4 is 0 Å². The predicted molar refractivity (Wildman–Crippen MR) is 133 cm³/mol. The Bertz CT molecular complexity index is 1110. The maximum absolute atomic E-state index is 13.3. The molecule has 2 heterocycles. The van der Waals surface area contributed by atoms with E-state index in [1.807, 2.05) is 60.9 Å². The molecule has 2 aliphatic heterocycles. The molecule has 178 valence electrons. The zero-order valence-corrected chi connectivity index (χ0v) is 20.4. The van der Waals surface area contributed by atoms with Crippen molar-refractivity contribution in [2.24, 2.45) is 5.92 Å². The molecule has 5 heteroatoms. The smallest absolute Gasteiger partial charge is 0.410 e. The lowest BCUT2D eigenvalue weighted by Gasteiger charge is -2.49. The summed E-state index contributed by atoms with van der Waals surface area (Å²) in [6, 6.07) is 18.6. The van der Waals surface area contributed by atoms with Crippen LogP contribution in [0.2, 0.25) is 0 Å². The highest BCUT2D eigenvalue weighted by atomic mass is 16.6. The minimum atomic E-state index is -0.494. The van der Waals surface area contributed by atoms with Gasteiger partial charge in [-0.3, -0.25) is 4.79 Å². The van der Waals surface area contributed by atoms with Crippen LogP contribution in [0.25, 0.3) is 5.70 Å². The van der Waals surface area contributed by atoms with E-state index in [-0.39, 0.29) is 29.4 Å². The Balaban J connectivity index is 1.43. The van der Waals surface area contributed by atoms with Crippen molar-refractivity contribution < 1.29 is 14.3 Å². The molecule has 0 radical (unpaired) electrons. The van der Waals surface area contributed by atoms with Crippen LogP contribution in [-0.4, -0.2) is 40.5 Å². The number of nitrogens with zero attached hydrogens (tertiary/aromatic N) is 2. The molecule has 2 amide bonds. The number of piperidine rings is 1. The molecule has 0 bridgehead atoms. The summed E-state index contributed by atoms with van der Waals surface area (Å²) in [7, 11) is 0. The van der Waals surface area contributed by atoms with Crippen molar-refractivity contribution in [1.82, 2.24) is 9.80 Å². The fourth-order valence-electron chi connectivity index (χ4n) is 6.23. The standard InChI is InChI=1S/C29H34N2O3/c1-20(21-10-6-5-7-11-21)31-25(32)18-22-19-29(24-13-9-8-12-23(24)26(22)31)14-16-30(17-15-29)27(33)34-28(2,3)4/h5-13,22,26H,1,14-19H2,2-4H3. The Morgan fingerprint density at radius 2 is 1.68 bits per heavy atom. The monoisotopic (exact) mass is 458 g/mol. The van der Waals surface area contributed by atoms with Crippen molar-refractivity contribution in [3.63, 3.8) is 0 Å². The van der Waals surface area contributed by atoms with Crippen molar-refractivity contribution in [3.8, 4) is 0 Å². The molecule has 0 aromatic heterocycles. The van der Waals surface area contributed by atoms with Gasteiger partial charge in [0.05, 0.1) is 6.04 Å². The van der Waals surface area contributed by atoms with E-state index in [0.717, 1.165) is 30.5 Å². The lowest BCUT2D eigenvalue weighted by Crippen LogP contribution is -2.49. The summed E-state index contributed by atoms with van der Waals surface area (Å²) in [5.41, 5.74) is 3.84. The van der Waals surface area contributed by atoms with Crippen LogP contribution in [0.4, 0.5) is 4.79 Å². The van der Waals surface area contributed by atoms with Crippen molar-refractivity contribution in [2.75, 3.05) is 13.1 Å². The second-order valence-electron chi connectivity index (χ2n) is 11.0. The number of rotatable bonds is 2. The normalized spacial score (nSPS) is 23.4. The second kappa shape index (κ2) is 8.30. The summed E-state index contributed by atoms with van der Waals surface area (Å²) in [6.45, 7) is 11.4. The molecule has 0 saturated carbocycles. The second-order valence-corrected chi connectivity index (χ2v) is 11.0. The molecule has 34 heavy (non-hydrogen) atoms. The van der Waals surface area contributed by atoms with Crippen LogP contribution in [0.15, 0.2) is 61.2 Å². The number of likely N-dealkylation sites (tertiary alicyclic amines) is 2. The van der Waals surface area contributed by atoms with E-state index in [1.165, 1.54) is 11.1 Å². The topological polar surface area (TPSA) is 49.9 Å². The summed E-state index contributed by atoms with van der Waals surface area (Å²) in [4.78, 5) is 29.7. The van der Waals surface area contributed by atoms with E-state index in [1.54, 1.807) is 0 Å². The highest BCUT2D eigenvalue weighted by molar-refractivity contribution is 5.89. The third kappa shape index (κ3) is 3.91. The average Bonchev–Trinajstić information content (AvgIpc) is 3.14. The molecule has 3 aliphatic rings. The molecule has 1 spiro atoms. The average molecular weight is 459 g/mol. The number of hydrogen-bond acceptors (Lipinski definition) is 3. The molecule has 2 atom stereocenters. The summed E-state index contributed by atoms with van der Waals surface area (Å²) in [5.74, 6) is 0.401. The van der Waals surface area contributed by atoms with Crippen molar-refractivity contribution in [3.05, 3.63) is 77.9 Å². The van der Waals surface area contributed by atoms with Crippen molar-refractivity contribution in [2.45, 2.75) is 63.5 Å². The number of amides is 2. The molecule has 2 unspecified atom stereocenters. The summed E-state index contributed by atoms with van der Waals surface area (Å²) in [5, 5.41) is 0. The van der Waals surface area contributed by atoms with Gasteiger partial charge in [0.1, 0.15) is 5.60 Å². The van der Waals surface area contributed by atoms with Gasteiger partial charge in [0.25, 0.3) is 0 Å². The quantitative estimate of drug-likeness (QED) is 0.561. The first-order valence-corrected chi connectivity index (χ1v) is 12.3.